The Morgan fingerprint density at radius 2 is 2.24 bits per heavy atom. The number of likely N-dealkylation sites (tertiary alicyclic amines) is 1. The van der Waals surface area contributed by atoms with Crippen LogP contribution >= 0.6 is 11.8 Å². The molecule has 2 aliphatic rings. The van der Waals surface area contributed by atoms with Gasteiger partial charge < -0.3 is 20.5 Å². The number of carbonyl (C=O) groups excluding carboxylic acids is 1. The van der Waals surface area contributed by atoms with Gasteiger partial charge in [0.25, 0.3) is 5.91 Å². The van der Waals surface area contributed by atoms with Gasteiger partial charge in [-0.25, -0.2) is 9.97 Å². The molecule has 0 aromatic carbocycles. The fourth-order valence-corrected chi connectivity index (χ4v) is 4.35. The van der Waals surface area contributed by atoms with Crippen molar-refractivity contribution in [2.24, 2.45) is 5.73 Å². The van der Waals surface area contributed by atoms with Gasteiger partial charge in [-0.1, -0.05) is 6.42 Å². The molecule has 2 aromatic rings. The quantitative estimate of drug-likeness (QED) is 0.849. The lowest BCUT2D eigenvalue weighted by atomic mass is 10.2. The molecule has 4 rings (SSSR count). The number of aromatic amines is 1. The minimum atomic E-state index is 0.0816. The lowest BCUT2D eigenvalue weighted by Crippen LogP contribution is -2.41. The van der Waals surface area contributed by atoms with Crippen molar-refractivity contribution in [2.75, 3.05) is 30.3 Å². The highest BCUT2D eigenvalue weighted by atomic mass is 32.2. The Kier molecular flexibility index (Phi) is 4.63. The van der Waals surface area contributed by atoms with Gasteiger partial charge in [-0.3, -0.25) is 4.79 Å². The van der Waals surface area contributed by atoms with Crippen LogP contribution in [0.15, 0.2) is 29.7 Å². The summed E-state index contributed by atoms with van der Waals surface area (Å²) in [6, 6.07) is 2.05. The zero-order valence-electron chi connectivity index (χ0n) is 14.0. The van der Waals surface area contributed by atoms with Gasteiger partial charge in [0.1, 0.15) is 17.8 Å². The standard InChI is InChI=1S/C17H22N6OS/c18-12-3-1-2-6-23(9-12)17(24)14-10-22(7-8-25-14)16-13-4-5-19-15(13)20-11-21-16/h4-5,10-12H,1-3,6-9,18H2,(H,19,20,21)/t12-/m1/s1. The first-order chi connectivity index (χ1) is 12.2. The van der Waals surface area contributed by atoms with Crippen molar-refractivity contribution in [2.45, 2.75) is 25.3 Å². The predicted molar refractivity (Wildman–Crippen MR) is 100 cm³/mol. The maximum absolute atomic E-state index is 13.0. The van der Waals surface area contributed by atoms with E-state index in [1.54, 1.807) is 18.1 Å². The van der Waals surface area contributed by atoms with Gasteiger partial charge in [-0.2, -0.15) is 0 Å². The van der Waals surface area contributed by atoms with Crippen molar-refractivity contribution in [3.63, 3.8) is 0 Å². The molecule has 1 fully saturated rings. The number of fused-ring (bicyclic) bond motifs is 1. The first-order valence-electron chi connectivity index (χ1n) is 8.66. The molecular formula is C17H22N6OS. The van der Waals surface area contributed by atoms with Crippen molar-refractivity contribution in [1.29, 1.82) is 0 Å². The summed E-state index contributed by atoms with van der Waals surface area (Å²) in [6.45, 7) is 2.25. The second-order valence-electron chi connectivity index (χ2n) is 6.48. The molecule has 7 nitrogen and oxygen atoms in total. The summed E-state index contributed by atoms with van der Waals surface area (Å²) in [5.74, 6) is 1.78. The summed E-state index contributed by atoms with van der Waals surface area (Å²) >= 11 is 1.62. The van der Waals surface area contributed by atoms with E-state index >= 15 is 0 Å². The fourth-order valence-electron chi connectivity index (χ4n) is 3.38. The summed E-state index contributed by atoms with van der Waals surface area (Å²) in [6.07, 6.45) is 8.46. The van der Waals surface area contributed by atoms with E-state index in [0.717, 1.165) is 59.9 Å². The number of aromatic nitrogens is 3. The Bertz CT molecular complexity index is 803. The molecule has 0 saturated carbocycles. The molecule has 1 amide bonds. The van der Waals surface area contributed by atoms with Crippen LogP contribution < -0.4 is 10.6 Å². The first kappa shape index (κ1) is 16.4. The third-order valence-electron chi connectivity index (χ3n) is 4.67. The zero-order valence-corrected chi connectivity index (χ0v) is 14.8. The number of nitrogens with zero attached hydrogens (tertiary/aromatic N) is 4. The summed E-state index contributed by atoms with van der Waals surface area (Å²) in [4.78, 5) is 29.5. The maximum atomic E-state index is 13.0. The van der Waals surface area contributed by atoms with Crippen LogP contribution in [0.3, 0.4) is 0 Å². The topological polar surface area (TPSA) is 91.1 Å². The van der Waals surface area contributed by atoms with Crippen LogP contribution in [0.5, 0.6) is 0 Å². The predicted octanol–water partition coefficient (Wildman–Crippen LogP) is 1.69. The van der Waals surface area contributed by atoms with Gasteiger partial charge in [-0.05, 0) is 18.9 Å². The van der Waals surface area contributed by atoms with Crippen LogP contribution in [0, 0.1) is 0 Å². The molecular weight excluding hydrogens is 336 g/mol. The van der Waals surface area contributed by atoms with Crippen LogP contribution in [0.4, 0.5) is 5.82 Å². The lowest BCUT2D eigenvalue weighted by Gasteiger charge is -2.29. The molecule has 8 heteroatoms. The van der Waals surface area contributed by atoms with E-state index in [-0.39, 0.29) is 11.9 Å². The van der Waals surface area contributed by atoms with E-state index in [0.29, 0.717) is 6.54 Å². The number of nitrogens with one attached hydrogen (secondary N) is 1. The van der Waals surface area contributed by atoms with Crippen molar-refractivity contribution in [3.8, 4) is 0 Å². The highest BCUT2D eigenvalue weighted by molar-refractivity contribution is 8.04. The van der Waals surface area contributed by atoms with Crippen LogP contribution in [0.2, 0.25) is 0 Å². The number of rotatable bonds is 2. The van der Waals surface area contributed by atoms with E-state index < -0.39 is 0 Å². The number of carbonyl (C=O) groups is 1. The smallest absolute Gasteiger partial charge is 0.261 e. The molecule has 3 N–H and O–H groups in total. The Hall–Kier alpha value is -2.06. The van der Waals surface area contributed by atoms with E-state index in [4.69, 9.17) is 5.73 Å². The molecule has 0 spiro atoms. The average molecular weight is 358 g/mol. The average Bonchev–Trinajstić information content (AvgIpc) is 3.02. The van der Waals surface area contributed by atoms with E-state index in [1.165, 1.54) is 0 Å². The fraction of sp³-hybridized carbons (Fsp3) is 0.471. The Morgan fingerprint density at radius 1 is 1.32 bits per heavy atom. The first-order valence-corrected chi connectivity index (χ1v) is 9.65. The van der Waals surface area contributed by atoms with Crippen LogP contribution in [-0.4, -0.2) is 57.2 Å². The van der Waals surface area contributed by atoms with Crippen LogP contribution in [0.25, 0.3) is 11.0 Å². The number of anilines is 1. The highest BCUT2D eigenvalue weighted by Crippen LogP contribution is 2.30. The normalized spacial score (nSPS) is 22.0. The molecule has 0 radical (unpaired) electrons. The molecule has 2 aliphatic heterocycles. The molecule has 0 bridgehead atoms. The number of hydrogen-bond donors (Lipinski definition) is 2. The molecule has 1 atom stereocenters. The summed E-state index contributed by atoms with van der Waals surface area (Å²) in [7, 11) is 0. The Balaban J connectivity index is 1.60. The third-order valence-corrected chi connectivity index (χ3v) is 5.65. The van der Waals surface area contributed by atoms with Gasteiger partial charge in [0.2, 0.25) is 0 Å². The number of thioether (sulfide) groups is 1. The molecule has 0 unspecified atom stereocenters. The summed E-state index contributed by atoms with van der Waals surface area (Å²) < 4.78 is 0. The lowest BCUT2D eigenvalue weighted by molar-refractivity contribution is -0.126. The molecule has 4 heterocycles. The Morgan fingerprint density at radius 3 is 3.16 bits per heavy atom. The molecule has 2 aromatic heterocycles. The second kappa shape index (κ2) is 7.05. The van der Waals surface area contributed by atoms with Crippen molar-refractivity contribution >= 4 is 34.5 Å². The van der Waals surface area contributed by atoms with E-state index in [2.05, 4.69) is 19.9 Å². The Labute approximate surface area is 150 Å². The van der Waals surface area contributed by atoms with Crippen molar-refractivity contribution < 1.29 is 4.79 Å². The SMILES string of the molecule is N[C@@H]1CCCCN(C(=O)C2=CN(c3ncnc4[nH]ccc34)CCS2)C1. The van der Waals surface area contributed by atoms with Crippen molar-refractivity contribution in [1.82, 2.24) is 19.9 Å². The number of H-pyrrole nitrogens is 1. The zero-order chi connectivity index (χ0) is 17.2. The van der Waals surface area contributed by atoms with E-state index in [1.807, 2.05) is 23.4 Å². The molecule has 1 saturated heterocycles. The van der Waals surface area contributed by atoms with Gasteiger partial charge >= 0.3 is 0 Å². The van der Waals surface area contributed by atoms with Gasteiger partial charge in [0.15, 0.2) is 0 Å². The number of nitrogens with two attached hydrogens (primary N) is 1. The number of hydrogen-bond acceptors (Lipinski definition) is 6. The molecule has 132 valence electrons. The maximum Gasteiger partial charge on any atom is 0.261 e. The minimum Gasteiger partial charge on any atom is -0.346 e. The van der Waals surface area contributed by atoms with Crippen molar-refractivity contribution in [3.05, 3.63) is 29.7 Å². The van der Waals surface area contributed by atoms with Gasteiger partial charge in [0, 0.05) is 43.8 Å². The highest BCUT2D eigenvalue weighted by Gasteiger charge is 2.26. The molecule has 25 heavy (non-hydrogen) atoms. The molecule has 0 aliphatic carbocycles. The third kappa shape index (κ3) is 3.36. The minimum absolute atomic E-state index is 0.0816. The van der Waals surface area contributed by atoms with Gasteiger partial charge in [-0.15, -0.1) is 11.8 Å². The summed E-state index contributed by atoms with van der Waals surface area (Å²) in [5.41, 5.74) is 6.92. The summed E-state index contributed by atoms with van der Waals surface area (Å²) in [5, 5.41) is 0.967. The van der Waals surface area contributed by atoms with Crippen LogP contribution in [0.1, 0.15) is 19.3 Å². The second-order valence-corrected chi connectivity index (χ2v) is 7.62. The monoisotopic (exact) mass is 358 g/mol. The van der Waals surface area contributed by atoms with E-state index in [9.17, 15) is 4.79 Å². The number of amides is 1. The van der Waals surface area contributed by atoms with Crippen LogP contribution in [-0.2, 0) is 4.79 Å². The van der Waals surface area contributed by atoms with Gasteiger partial charge in [0.05, 0.1) is 10.3 Å². The largest absolute Gasteiger partial charge is 0.346 e.